The monoisotopic (exact) mass is 1400 g/mol. The predicted octanol–water partition coefficient (Wildman–Crippen LogP) is 21.4. The SMILES string of the molecule is CC1C(C)C2CC1C1C3CC(C(=O)CC(C)(C)C)C(C3)C21.CC1C(C)C2CC1C1C3CC(C(=O)OC(C)(C)C45CC6CC(CC(C6)C4)C5)C(C3)C21.CC1C(C)C2CC1C1C3CC(CC(=O)OC(C)(C)C4CCCCC4)C(C3)C21.CCC1(OC(=O)C2CC3OC2C(C)C3C)C2CC3CC(C2)CC1C3. The van der Waals surface area contributed by atoms with Crippen molar-refractivity contribution >= 4 is 23.7 Å². The van der Waals surface area contributed by atoms with E-state index in [4.69, 9.17) is 18.9 Å². The standard InChI is InChI=1S/C28H42O2.C25H40O2.C21H32O3.C20H32O/c1-14-15(2)21-10-20(14)24-19-8-22(25(21)24)23(9-19)26(29)30-27(3,4)28-11-16-5-17(12-28)7-18(6-16)13-28;1-14-15(2)20-13-19(14)23-17-10-16(21(11-17)24(20)23)12-22(26)27-25(3,4)18-8-6-5-7-9-18;1-4-21(15-6-13-5-14(8-15)9-16(21)7-13)24-20(22)17-10-18-11(2)12(3)19(17)23-18;1-10-11(2)14-8-13(10)18-12-6-15(16(7-12)19(14)18)17(21)9-20(3,4)5/h14-25H,5-13H2,1-4H3;14-21,23-24H,5-13H2,1-4H3;11-19H,4-10H2,1-3H3;10-16,18-19H,6-9H2,1-5H3. The molecule has 0 N–H and O–H groups in total. The fourth-order valence-electron chi connectivity index (χ4n) is 35.6. The normalized spacial score (nSPS) is 55.2. The van der Waals surface area contributed by atoms with Crippen LogP contribution in [0.5, 0.6) is 0 Å². The number of ketones is 1. The molecule has 2 heterocycles. The van der Waals surface area contributed by atoms with Gasteiger partial charge in [0.2, 0.25) is 0 Å². The molecule has 0 aromatic heterocycles. The maximum atomic E-state index is 13.7. The highest BCUT2D eigenvalue weighted by Gasteiger charge is 2.71. The topological polar surface area (TPSA) is 105 Å². The summed E-state index contributed by atoms with van der Waals surface area (Å²) in [6.07, 6.45) is 37.4. The van der Waals surface area contributed by atoms with Crippen molar-refractivity contribution in [1.82, 2.24) is 0 Å². The van der Waals surface area contributed by atoms with Crippen LogP contribution in [0.3, 0.4) is 0 Å². The second-order valence-corrected chi connectivity index (χ2v) is 45.7. The second kappa shape index (κ2) is 25.5. The summed E-state index contributed by atoms with van der Waals surface area (Å²) in [5.41, 5.74) is -0.268. The first kappa shape index (κ1) is 71.6. The van der Waals surface area contributed by atoms with Crippen molar-refractivity contribution in [1.29, 1.82) is 0 Å². The Kier molecular flexibility index (Phi) is 17.9. The van der Waals surface area contributed by atoms with Crippen LogP contribution in [0, 0.1) is 236 Å². The smallest absolute Gasteiger partial charge is 0.312 e. The first-order valence-corrected chi connectivity index (χ1v) is 45.3. The van der Waals surface area contributed by atoms with E-state index in [1.807, 2.05) is 0 Å². The van der Waals surface area contributed by atoms with Crippen LogP contribution in [0.4, 0.5) is 0 Å². The van der Waals surface area contributed by atoms with Crippen LogP contribution in [-0.2, 0) is 38.1 Å². The van der Waals surface area contributed by atoms with E-state index in [1.165, 1.54) is 154 Å². The molecule has 22 bridgehead atoms. The van der Waals surface area contributed by atoms with E-state index >= 15 is 0 Å². The zero-order valence-electron chi connectivity index (χ0n) is 67.4. The van der Waals surface area contributed by atoms with Gasteiger partial charge in [-0.1, -0.05) is 102 Å². The van der Waals surface area contributed by atoms with E-state index in [9.17, 15) is 19.2 Å². The van der Waals surface area contributed by atoms with Crippen molar-refractivity contribution in [3.63, 3.8) is 0 Å². The Morgan fingerprint density at radius 3 is 1.35 bits per heavy atom. The van der Waals surface area contributed by atoms with Crippen LogP contribution in [0.1, 0.15) is 297 Å². The average molecular weight is 1400 g/mol. The van der Waals surface area contributed by atoms with Crippen LogP contribution in [0.2, 0.25) is 0 Å². The third-order valence-corrected chi connectivity index (χ3v) is 40.0. The summed E-state index contributed by atoms with van der Waals surface area (Å²) in [7, 11) is 0. The zero-order valence-corrected chi connectivity index (χ0v) is 67.4. The van der Waals surface area contributed by atoms with Crippen LogP contribution in [-0.4, -0.2) is 52.7 Å². The quantitative estimate of drug-likeness (QED) is 0.108. The summed E-state index contributed by atoms with van der Waals surface area (Å²) in [4.78, 5) is 52.5. The Bertz CT molecular complexity index is 3110. The third-order valence-electron chi connectivity index (χ3n) is 40.0. The molecule has 8 heteroatoms. The van der Waals surface area contributed by atoms with Crippen LogP contribution in [0.25, 0.3) is 0 Å². The summed E-state index contributed by atoms with van der Waals surface area (Å²) in [6, 6.07) is 0. The lowest BCUT2D eigenvalue weighted by atomic mass is 9.46. The van der Waals surface area contributed by atoms with Gasteiger partial charge in [-0.2, -0.15) is 0 Å². The zero-order chi connectivity index (χ0) is 71.2. The van der Waals surface area contributed by atoms with Crippen LogP contribution in [0.15, 0.2) is 0 Å². The Balaban J connectivity index is 0.0000000982. The summed E-state index contributed by atoms with van der Waals surface area (Å²) >= 11 is 0. The molecule has 102 heavy (non-hydrogen) atoms. The fourth-order valence-corrected chi connectivity index (χ4v) is 35.6. The third kappa shape index (κ3) is 11.2. The van der Waals surface area contributed by atoms with E-state index in [0.29, 0.717) is 59.5 Å². The van der Waals surface area contributed by atoms with Crippen molar-refractivity contribution in [2.24, 2.45) is 236 Å². The van der Waals surface area contributed by atoms with Gasteiger partial charge in [-0.15, -0.1) is 0 Å². The Morgan fingerprint density at radius 2 is 0.873 bits per heavy atom. The van der Waals surface area contributed by atoms with E-state index in [-0.39, 0.29) is 69.6 Å². The molecule has 0 aromatic carbocycles. The highest BCUT2D eigenvalue weighted by Crippen LogP contribution is 2.76. The number of fused-ring (bicyclic) bond motifs is 29. The minimum absolute atomic E-state index is 0.0122. The molecule has 570 valence electrons. The second-order valence-electron chi connectivity index (χ2n) is 45.7. The van der Waals surface area contributed by atoms with Crippen LogP contribution >= 0.6 is 0 Å². The van der Waals surface area contributed by atoms with E-state index < -0.39 is 0 Å². The van der Waals surface area contributed by atoms with Crippen molar-refractivity contribution in [3.05, 3.63) is 0 Å². The van der Waals surface area contributed by atoms with Crippen LogP contribution < -0.4 is 0 Å². The van der Waals surface area contributed by atoms with E-state index in [2.05, 4.69) is 111 Å². The fraction of sp³-hybridized carbons (Fsp3) is 0.957. The van der Waals surface area contributed by atoms with Crippen molar-refractivity contribution in [2.75, 3.05) is 0 Å². The molecule has 32 unspecified atom stereocenters. The molecule has 8 nitrogen and oxygen atoms in total. The number of carbonyl (C=O) groups excluding carboxylic acids is 4. The number of Topliss-reactive ketones (excluding diaryl/α,β-unsaturated/α-hetero) is 1. The van der Waals surface area contributed by atoms with Gasteiger partial charge in [0.15, 0.2) is 0 Å². The van der Waals surface area contributed by atoms with Crippen molar-refractivity contribution in [3.8, 4) is 0 Å². The summed E-state index contributed by atoms with van der Waals surface area (Å²) < 4.78 is 25.3. The molecule has 23 rings (SSSR count). The van der Waals surface area contributed by atoms with Gasteiger partial charge in [0.1, 0.15) is 22.6 Å². The van der Waals surface area contributed by atoms with E-state index in [0.717, 1.165) is 191 Å². The van der Waals surface area contributed by atoms with Crippen molar-refractivity contribution in [2.45, 2.75) is 326 Å². The Labute approximate surface area is 620 Å². The van der Waals surface area contributed by atoms with Crippen molar-refractivity contribution < 1.29 is 38.1 Å². The lowest BCUT2D eigenvalue weighted by Crippen LogP contribution is -2.60. The lowest BCUT2D eigenvalue weighted by molar-refractivity contribution is -0.216. The molecular formula is C94H146O8. The lowest BCUT2D eigenvalue weighted by Gasteiger charge is -2.61. The maximum absolute atomic E-state index is 13.7. The minimum atomic E-state index is -0.280. The molecule has 0 amide bonds. The van der Waals surface area contributed by atoms with Gasteiger partial charge in [-0.3, -0.25) is 19.2 Å². The highest BCUT2D eigenvalue weighted by atomic mass is 16.6. The number of hydrogen-bond acceptors (Lipinski definition) is 8. The molecule has 21 saturated carbocycles. The summed E-state index contributed by atoms with van der Waals surface area (Å²) in [5.74, 6) is 31.5. The summed E-state index contributed by atoms with van der Waals surface area (Å²) in [6.45, 7) is 37.3. The molecule has 2 aliphatic heterocycles. The highest BCUT2D eigenvalue weighted by molar-refractivity contribution is 5.82. The number of carbonyl (C=O) groups is 4. The average Bonchev–Trinajstić information content (AvgIpc) is 1.31. The van der Waals surface area contributed by atoms with Gasteiger partial charge in [0.25, 0.3) is 0 Å². The predicted molar refractivity (Wildman–Crippen MR) is 402 cm³/mol. The molecule has 23 aliphatic rings. The molecule has 0 aromatic rings. The number of esters is 3. The molecule has 0 spiro atoms. The number of hydrogen-bond donors (Lipinski definition) is 0. The molecule has 2 saturated heterocycles. The Morgan fingerprint density at radius 1 is 0.422 bits per heavy atom. The number of ether oxygens (including phenoxy) is 4. The molecule has 0 radical (unpaired) electrons. The number of rotatable bonds is 12. The first-order chi connectivity index (χ1) is 48.4. The van der Waals surface area contributed by atoms with Gasteiger partial charge >= 0.3 is 17.9 Å². The Hall–Kier alpha value is -1.96. The van der Waals surface area contributed by atoms with Gasteiger partial charge in [-0.05, 0) is 394 Å². The van der Waals surface area contributed by atoms with Gasteiger partial charge in [0, 0.05) is 24.2 Å². The van der Waals surface area contributed by atoms with Gasteiger partial charge < -0.3 is 18.9 Å². The van der Waals surface area contributed by atoms with E-state index in [1.54, 1.807) is 0 Å². The maximum Gasteiger partial charge on any atom is 0.312 e. The molecule has 21 aliphatic carbocycles. The minimum Gasteiger partial charge on any atom is -0.459 e. The van der Waals surface area contributed by atoms with Gasteiger partial charge in [0.05, 0.1) is 24.0 Å². The molecular weight excluding hydrogens is 1260 g/mol. The summed E-state index contributed by atoms with van der Waals surface area (Å²) in [5, 5.41) is 0. The first-order valence-electron chi connectivity index (χ1n) is 45.3. The molecule has 23 fully saturated rings. The largest absolute Gasteiger partial charge is 0.459 e. The molecule has 32 atom stereocenters. The van der Waals surface area contributed by atoms with Gasteiger partial charge in [-0.25, -0.2) is 0 Å².